The SMILES string of the molecule is COc1ccc(C(O)CNc2ccc(Br)cc2Cl)cc1. The minimum absolute atomic E-state index is 0.383. The van der Waals surface area contributed by atoms with Crippen LogP contribution in [0.2, 0.25) is 5.02 Å². The minimum atomic E-state index is -0.611. The maximum absolute atomic E-state index is 10.1. The van der Waals surface area contributed by atoms with Crippen LogP contribution in [-0.4, -0.2) is 18.8 Å². The predicted octanol–water partition coefficient (Wildman–Crippen LogP) is 4.26. The van der Waals surface area contributed by atoms with Gasteiger partial charge in [0.25, 0.3) is 0 Å². The summed E-state index contributed by atoms with van der Waals surface area (Å²) >= 11 is 9.46. The van der Waals surface area contributed by atoms with E-state index in [9.17, 15) is 5.11 Å². The lowest BCUT2D eigenvalue weighted by atomic mass is 10.1. The van der Waals surface area contributed by atoms with Gasteiger partial charge in [-0.05, 0) is 35.9 Å². The molecule has 0 saturated carbocycles. The first-order chi connectivity index (χ1) is 9.60. The molecule has 20 heavy (non-hydrogen) atoms. The van der Waals surface area contributed by atoms with Gasteiger partial charge < -0.3 is 15.2 Å². The second-order valence-electron chi connectivity index (χ2n) is 4.29. The molecule has 0 fully saturated rings. The molecular weight excluding hydrogens is 342 g/mol. The van der Waals surface area contributed by atoms with Crippen molar-refractivity contribution < 1.29 is 9.84 Å². The van der Waals surface area contributed by atoms with Gasteiger partial charge in [0.1, 0.15) is 5.75 Å². The first-order valence-electron chi connectivity index (χ1n) is 6.11. The fraction of sp³-hybridized carbons (Fsp3) is 0.200. The Kier molecular flexibility index (Phi) is 5.29. The molecule has 0 aliphatic heterocycles. The van der Waals surface area contributed by atoms with E-state index in [-0.39, 0.29) is 0 Å². The van der Waals surface area contributed by atoms with Crippen molar-refractivity contribution in [2.75, 3.05) is 19.0 Å². The third-order valence-electron chi connectivity index (χ3n) is 2.92. The average Bonchev–Trinajstić information content (AvgIpc) is 2.46. The molecule has 3 nitrogen and oxygen atoms in total. The molecule has 0 amide bonds. The number of rotatable bonds is 5. The number of halogens is 2. The highest BCUT2D eigenvalue weighted by Gasteiger charge is 2.08. The zero-order valence-electron chi connectivity index (χ0n) is 10.9. The number of anilines is 1. The molecule has 2 rings (SSSR count). The summed E-state index contributed by atoms with van der Waals surface area (Å²) < 4.78 is 6.01. The molecule has 106 valence electrons. The maximum atomic E-state index is 10.1. The quantitative estimate of drug-likeness (QED) is 0.841. The van der Waals surface area contributed by atoms with E-state index in [2.05, 4.69) is 21.2 Å². The Bertz CT molecular complexity index is 575. The molecule has 0 aromatic heterocycles. The molecule has 0 radical (unpaired) electrons. The molecular formula is C15H15BrClNO2. The molecule has 0 spiro atoms. The summed E-state index contributed by atoms with van der Waals surface area (Å²) in [5.74, 6) is 0.768. The van der Waals surface area contributed by atoms with E-state index in [1.165, 1.54) is 0 Å². The van der Waals surface area contributed by atoms with E-state index < -0.39 is 6.10 Å². The summed E-state index contributed by atoms with van der Waals surface area (Å²) in [4.78, 5) is 0. The molecule has 2 aromatic carbocycles. The van der Waals surface area contributed by atoms with Gasteiger partial charge in [0.05, 0.1) is 23.9 Å². The number of ether oxygens (including phenoxy) is 1. The number of aliphatic hydroxyl groups is 1. The minimum Gasteiger partial charge on any atom is -0.497 e. The largest absolute Gasteiger partial charge is 0.497 e. The van der Waals surface area contributed by atoms with Gasteiger partial charge >= 0.3 is 0 Å². The van der Waals surface area contributed by atoms with Crippen LogP contribution in [0.1, 0.15) is 11.7 Å². The van der Waals surface area contributed by atoms with Gasteiger partial charge in [-0.1, -0.05) is 39.7 Å². The van der Waals surface area contributed by atoms with Crippen LogP contribution in [0.3, 0.4) is 0 Å². The normalized spacial score (nSPS) is 12.0. The predicted molar refractivity (Wildman–Crippen MR) is 85.6 cm³/mol. The molecule has 2 N–H and O–H groups in total. The summed E-state index contributed by atoms with van der Waals surface area (Å²) in [6.45, 7) is 0.383. The van der Waals surface area contributed by atoms with Crippen molar-refractivity contribution in [3.63, 3.8) is 0 Å². The molecule has 2 aromatic rings. The van der Waals surface area contributed by atoms with E-state index in [0.29, 0.717) is 11.6 Å². The maximum Gasteiger partial charge on any atom is 0.118 e. The molecule has 0 bridgehead atoms. The Hall–Kier alpha value is -1.23. The van der Waals surface area contributed by atoms with Gasteiger partial charge in [0, 0.05) is 11.0 Å². The van der Waals surface area contributed by atoms with Crippen molar-refractivity contribution in [2.45, 2.75) is 6.10 Å². The van der Waals surface area contributed by atoms with E-state index in [1.54, 1.807) is 7.11 Å². The van der Waals surface area contributed by atoms with E-state index in [1.807, 2.05) is 42.5 Å². The number of benzene rings is 2. The molecule has 0 aliphatic rings. The third kappa shape index (κ3) is 3.88. The van der Waals surface area contributed by atoms with E-state index in [4.69, 9.17) is 16.3 Å². The fourth-order valence-electron chi connectivity index (χ4n) is 1.78. The number of methoxy groups -OCH3 is 1. The van der Waals surface area contributed by atoms with Crippen LogP contribution in [0.15, 0.2) is 46.9 Å². The number of nitrogens with one attached hydrogen (secondary N) is 1. The number of aliphatic hydroxyl groups excluding tert-OH is 1. The highest BCUT2D eigenvalue weighted by Crippen LogP contribution is 2.26. The van der Waals surface area contributed by atoms with Gasteiger partial charge in [-0.3, -0.25) is 0 Å². The van der Waals surface area contributed by atoms with Crippen molar-refractivity contribution in [1.82, 2.24) is 0 Å². The van der Waals surface area contributed by atoms with Crippen LogP contribution in [0.25, 0.3) is 0 Å². The van der Waals surface area contributed by atoms with E-state index >= 15 is 0 Å². The molecule has 0 aliphatic carbocycles. The Morgan fingerprint density at radius 1 is 1.25 bits per heavy atom. The summed E-state index contributed by atoms with van der Waals surface area (Å²) in [6.07, 6.45) is -0.611. The van der Waals surface area contributed by atoms with Crippen LogP contribution in [0.5, 0.6) is 5.75 Å². The zero-order chi connectivity index (χ0) is 14.5. The Balaban J connectivity index is 1.98. The van der Waals surface area contributed by atoms with Crippen LogP contribution >= 0.6 is 27.5 Å². The fourth-order valence-corrected chi connectivity index (χ4v) is 2.52. The lowest BCUT2D eigenvalue weighted by molar-refractivity contribution is 0.191. The molecule has 5 heteroatoms. The van der Waals surface area contributed by atoms with Crippen molar-refractivity contribution in [2.24, 2.45) is 0 Å². The summed E-state index contributed by atoms with van der Waals surface area (Å²) in [5.41, 5.74) is 1.62. The topological polar surface area (TPSA) is 41.5 Å². The highest BCUT2D eigenvalue weighted by molar-refractivity contribution is 9.10. The van der Waals surface area contributed by atoms with Gasteiger partial charge in [0.15, 0.2) is 0 Å². The van der Waals surface area contributed by atoms with Crippen molar-refractivity contribution in [1.29, 1.82) is 0 Å². The summed E-state index contributed by atoms with van der Waals surface area (Å²) in [7, 11) is 1.61. The summed E-state index contributed by atoms with van der Waals surface area (Å²) in [6, 6.07) is 12.9. The van der Waals surface area contributed by atoms with Crippen LogP contribution in [0.4, 0.5) is 5.69 Å². The lowest BCUT2D eigenvalue weighted by Crippen LogP contribution is -2.12. The Labute approximate surface area is 131 Å². The zero-order valence-corrected chi connectivity index (χ0v) is 13.3. The first kappa shape index (κ1) is 15.2. The second kappa shape index (κ2) is 6.97. The van der Waals surface area contributed by atoms with Crippen LogP contribution in [0, 0.1) is 0 Å². The average molecular weight is 357 g/mol. The van der Waals surface area contributed by atoms with Crippen LogP contribution in [-0.2, 0) is 0 Å². The molecule has 0 heterocycles. The smallest absolute Gasteiger partial charge is 0.118 e. The highest BCUT2D eigenvalue weighted by atomic mass is 79.9. The van der Waals surface area contributed by atoms with Crippen molar-refractivity contribution >= 4 is 33.2 Å². The standard InChI is InChI=1S/C15H15BrClNO2/c1-20-12-5-2-10(3-6-12)15(19)9-18-14-7-4-11(16)8-13(14)17/h2-8,15,18-19H,9H2,1H3. The van der Waals surface area contributed by atoms with Crippen LogP contribution < -0.4 is 10.1 Å². The van der Waals surface area contributed by atoms with Gasteiger partial charge in [-0.15, -0.1) is 0 Å². The van der Waals surface area contributed by atoms with Crippen molar-refractivity contribution in [3.8, 4) is 5.75 Å². The van der Waals surface area contributed by atoms with Gasteiger partial charge in [-0.2, -0.15) is 0 Å². The third-order valence-corrected chi connectivity index (χ3v) is 3.72. The molecule has 1 atom stereocenters. The number of hydrogen-bond donors (Lipinski definition) is 2. The first-order valence-corrected chi connectivity index (χ1v) is 7.28. The number of hydrogen-bond acceptors (Lipinski definition) is 3. The lowest BCUT2D eigenvalue weighted by Gasteiger charge is -2.14. The monoisotopic (exact) mass is 355 g/mol. The second-order valence-corrected chi connectivity index (χ2v) is 5.62. The van der Waals surface area contributed by atoms with E-state index in [0.717, 1.165) is 21.5 Å². The van der Waals surface area contributed by atoms with Crippen molar-refractivity contribution in [3.05, 3.63) is 57.5 Å². The molecule has 0 saturated heterocycles. The summed E-state index contributed by atoms with van der Waals surface area (Å²) in [5, 5.41) is 13.9. The molecule has 1 unspecified atom stereocenters. The van der Waals surface area contributed by atoms with Gasteiger partial charge in [0.2, 0.25) is 0 Å². The Morgan fingerprint density at radius 2 is 1.95 bits per heavy atom. The Morgan fingerprint density at radius 3 is 2.55 bits per heavy atom. The van der Waals surface area contributed by atoms with Gasteiger partial charge in [-0.25, -0.2) is 0 Å².